The second kappa shape index (κ2) is 6.32. The molecule has 1 aromatic heterocycles. The summed E-state index contributed by atoms with van der Waals surface area (Å²) in [5.74, 6) is 0. The Bertz CT molecular complexity index is 593. The fraction of sp³-hybridized carbons (Fsp3) is 0.333. The number of halogens is 3. The second-order valence-corrected chi connectivity index (χ2v) is 4.96. The number of nitrogens with zero attached hydrogens (tertiary/aromatic N) is 1. The highest BCUT2D eigenvalue weighted by molar-refractivity contribution is 5.27. The maximum Gasteiger partial charge on any atom is 0.416 e. The topological polar surface area (TPSA) is 37.2 Å². The molecule has 0 aliphatic carbocycles. The Labute approximate surface area is 121 Å². The number of aliphatic hydroxyl groups is 1. The first-order chi connectivity index (χ1) is 9.86. The van der Waals surface area contributed by atoms with E-state index in [0.29, 0.717) is 6.54 Å². The maximum absolute atomic E-state index is 12.6. The van der Waals surface area contributed by atoms with Crippen LogP contribution in [-0.4, -0.2) is 16.2 Å². The number of hydrogen-bond donors (Lipinski definition) is 2. The van der Waals surface area contributed by atoms with Crippen LogP contribution >= 0.6 is 0 Å². The molecular weight excluding hydrogens is 281 g/mol. The Balaban J connectivity index is 1.92. The van der Waals surface area contributed by atoms with E-state index < -0.39 is 17.8 Å². The summed E-state index contributed by atoms with van der Waals surface area (Å²) in [5.41, 5.74) is 0.557. The van der Waals surface area contributed by atoms with Gasteiger partial charge in [-0.2, -0.15) is 13.2 Å². The number of aliphatic hydroxyl groups excluding tert-OH is 1. The lowest BCUT2D eigenvalue weighted by Gasteiger charge is -2.14. The molecule has 21 heavy (non-hydrogen) atoms. The third kappa shape index (κ3) is 4.34. The normalized spacial score (nSPS) is 13.4. The first kappa shape index (κ1) is 15.6. The predicted molar refractivity (Wildman–Crippen MR) is 73.5 cm³/mol. The quantitative estimate of drug-likeness (QED) is 0.890. The molecule has 2 rings (SSSR count). The summed E-state index contributed by atoms with van der Waals surface area (Å²) in [4.78, 5) is 0. The van der Waals surface area contributed by atoms with Gasteiger partial charge in [0.2, 0.25) is 0 Å². The summed E-state index contributed by atoms with van der Waals surface area (Å²) in [6.45, 7) is 0.743. The lowest BCUT2D eigenvalue weighted by molar-refractivity contribution is -0.137. The van der Waals surface area contributed by atoms with Crippen LogP contribution in [0.3, 0.4) is 0 Å². The molecule has 1 atom stereocenters. The number of aromatic nitrogens is 1. The molecule has 0 fully saturated rings. The predicted octanol–water partition coefficient (Wildman–Crippen LogP) is 2.87. The standard InChI is InChI=1S/C15H17F3N2O/c1-20-6-5-11(10-20)8-19-9-14(21)12-3-2-4-13(7-12)15(16,17)18/h2-7,10,14,19,21H,8-9H2,1H3. The second-order valence-electron chi connectivity index (χ2n) is 4.96. The van der Waals surface area contributed by atoms with Crippen LogP contribution in [0, 0.1) is 0 Å². The SMILES string of the molecule is Cn1ccc(CNCC(O)c2cccc(C(F)(F)F)c2)c1. The summed E-state index contributed by atoms with van der Waals surface area (Å²) < 4.78 is 39.7. The molecule has 0 aliphatic heterocycles. The van der Waals surface area contributed by atoms with Crippen molar-refractivity contribution in [3.05, 3.63) is 59.4 Å². The molecular formula is C15H17F3N2O. The average molecular weight is 298 g/mol. The summed E-state index contributed by atoms with van der Waals surface area (Å²) >= 11 is 0. The van der Waals surface area contributed by atoms with Gasteiger partial charge < -0.3 is 15.0 Å². The molecule has 1 aromatic carbocycles. The van der Waals surface area contributed by atoms with Crippen LogP contribution in [0.4, 0.5) is 13.2 Å². The van der Waals surface area contributed by atoms with Crippen molar-refractivity contribution in [2.24, 2.45) is 7.05 Å². The minimum atomic E-state index is -4.40. The number of alkyl halides is 3. The zero-order valence-corrected chi connectivity index (χ0v) is 11.6. The molecule has 2 aromatic rings. The van der Waals surface area contributed by atoms with E-state index in [2.05, 4.69) is 5.32 Å². The molecule has 6 heteroatoms. The van der Waals surface area contributed by atoms with Crippen molar-refractivity contribution >= 4 is 0 Å². The number of hydrogen-bond acceptors (Lipinski definition) is 2. The van der Waals surface area contributed by atoms with Crippen molar-refractivity contribution in [2.75, 3.05) is 6.54 Å². The molecule has 0 saturated heterocycles. The smallest absolute Gasteiger partial charge is 0.387 e. The van der Waals surface area contributed by atoms with Crippen molar-refractivity contribution in [3.63, 3.8) is 0 Å². The van der Waals surface area contributed by atoms with Gasteiger partial charge in [-0.3, -0.25) is 0 Å². The van der Waals surface area contributed by atoms with E-state index in [-0.39, 0.29) is 12.1 Å². The van der Waals surface area contributed by atoms with Crippen LogP contribution in [0.2, 0.25) is 0 Å². The Morgan fingerprint density at radius 2 is 2.05 bits per heavy atom. The first-order valence-corrected chi connectivity index (χ1v) is 6.53. The highest BCUT2D eigenvalue weighted by Gasteiger charge is 2.30. The van der Waals surface area contributed by atoms with E-state index in [1.807, 2.05) is 30.1 Å². The molecule has 1 unspecified atom stereocenters. The number of benzene rings is 1. The van der Waals surface area contributed by atoms with E-state index in [9.17, 15) is 18.3 Å². The summed E-state index contributed by atoms with van der Waals surface area (Å²) in [6, 6.07) is 6.70. The van der Waals surface area contributed by atoms with Crippen LogP contribution in [0.5, 0.6) is 0 Å². The Morgan fingerprint density at radius 1 is 1.29 bits per heavy atom. The molecule has 0 spiro atoms. The highest BCUT2D eigenvalue weighted by atomic mass is 19.4. The molecule has 0 aliphatic rings. The van der Waals surface area contributed by atoms with E-state index in [0.717, 1.165) is 17.7 Å². The van der Waals surface area contributed by atoms with Gasteiger partial charge in [0.05, 0.1) is 11.7 Å². The van der Waals surface area contributed by atoms with Gasteiger partial charge in [-0.25, -0.2) is 0 Å². The number of aryl methyl sites for hydroxylation is 1. The number of nitrogens with one attached hydrogen (secondary N) is 1. The molecule has 0 saturated carbocycles. The fourth-order valence-electron chi connectivity index (χ4n) is 2.06. The van der Waals surface area contributed by atoms with E-state index >= 15 is 0 Å². The zero-order chi connectivity index (χ0) is 15.5. The Kier molecular flexibility index (Phi) is 4.69. The molecule has 114 valence electrons. The minimum Gasteiger partial charge on any atom is -0.387 e. The van der Waals surface area contributed by atoms with Crippen molar-refractivity contribution in [2.45, 2.75) is 18.8 Å². The lowest BCUT2D eigenvalue weighted by atomic mass is 10.1. The van der Waals surface area contributed by atoms with Crippen LogP contribution in [-0.2, 0) is 19.8 Å². The van der Waals surface area contributed by atoms with Gasteiger partial charge in [-0.15, -0.1) is 0 Å². The summed E-state index contributed by atoms with van der Waals surface area (Å²) in [5, 5.41) is 13.0. The van der Waals surface area contributed by atoms with E-state index in [1.54, 1.807) is 0 Å². The monoisotopic (exact) mass is 298 g/mol. The van der Waals surface area contributed by atoms with Gasteiger partial charge in [0, 0.05) is 32.5 Å². The van der Waals surface area contributed by atoms with Gasteiger partial charge in [0.1, 0.15) is 0 Å². The largest absolute Gasteiger partial charge is 0.416 e. The fourth-order valence-corrected chi connectivity index (χ4v) is 2.06. The molecule has 1 heterocycles. The molecule has 0 amide bonds. The third-order valence-electron chi connectivity index (χ3n) is 3.16. The van der Waals surface area contributed by atoms with Crippen LogP contribution in [0.25, 0.3) is 0 Å². The molecule has 0 radical (unpaired) electrons. The van der Waals surface area contributed by atoms with Crippen LogP contribution < -0.4 is 5.32 Å². The molecule has 2 N–H and O–H groups in total. The Morgan fingerprint density at radius 3 is 2.67 bits per heavy atom. The minimum absolute atomic E-state index is 0.191. The summed E-state index contributed by atoms with van der Waals surface area (Å²) in [7, 11) is 1.90. The van der Waals surface area contributed by atoms with E-state index in [4.69, 9.17) is 0 Å². The third-order valence-corrected chi connectivity index (χ3v) is 3.16. The average Bonchev–Trinajstić information content (AvgIpc) is 2.83. The van der Waals surface area contributed by atoms with Gasteiger partial charge in [-0.1, -0.05) is 12.1 Å². The Hall–Kier alpha value is -1.79. The van der Waals surface area contributed by atoms with Crippen molar-refractivity contribution in [3.8, 4) is 0 Å². The maximum atomic E-state index is 12.6. The van der Waals surface area contributed by atoms with Crippen molar-refractivity contribution in [1.29, 1.82) is 0 Å². The molecule has 3 nitrogen and oxygen atoms in total. The van der Waals surface area contributed by atoms with Gasteiger partial charge in [-0.05, 0) is 29.3 Å². The van der Waals surface area contributed by atoms with Gasteiger partial charge >= 0.3 is 6.18 Å². The summed E-state index contributed by atoms with van der Waals surface area (Å²) in [6.07, 6.45) is -1.53. The van der Waals surface area contributed by atoms with E-state index in [1.165, 1.54) is 12.1 Å². The highest BCUT2D eigenvalue weighted by Crippen LogP contribution is 2.30. The first-order valence-electron chi connectivity index (χ1n) is 6.53. The van der Waals surface area contributed by atoms with Gasteiger partial charge in [0.25, 0.3) is 0 Å². The van der Waals surface area contributed by atoms with Crippen molar-refractivity contribution < 1.29 is 18.3 Å². The van der Waals surface area contributed by atoms with Crippen LogP contribution in [0.1, 0.15) is 22.8 Å². The van der Waals surface area contributed by atoms with Crippen molar-refractivity contribution in [1.82, 2.24) is 9.88 Å². The van der Waals surface area contributed by atoms with Gasteiger partial charge in [0.15, 0.2) is 0 Å². The zero-order valence-electron chi connectivity index (χ0n) is 11.6. The number of rotatable bonds is 5. The van der Waals surface area contributed by atoms with Crippen LogP contribution in [0.15, 0.2) is 42.7 Å². The lowest BCUT2D eigenvalue weighted by Crippen LogP contribution is -2.21. The molecule has 0 bridgehead atoms.